The number of aromatic amines is 1. The van der Waals surface area contributed by atoms with Gasteiger partial charge in [0.15, 0.2) is 11.2 Å². The Balaban J connectivity index is 1.49. The summed E-state index contributed by atoms with van der Waals surface area (Å²) in [5, 5.41) is 22.0. The lowest BCUT2D eigenvalue weighted by molar-refractivity contribution is -0.138. The molecular formula is C19H23N6O8P. The lowest BCUT2D eigenvalue weighted by atomic mass is 10.2. The van der Waals surface area contributed by atoms with Crippen LogP contribution in [0.2, 0.25) is 0 Å². The number of nitrogens with zero attached hydrogens (tertiary/aromatic N) is 3. The number of carbonyl (C=O) groups is 1. The first-order chi connectivity index (χ1) is 16.1. The molecule has 182 valence electrons. The molecule has 15 heteroatoms. The molecule has 2 unspecified atom stereocenters. The van der Waals surface area contributed by atoms with Crippen molar-refractivity contribution in [3.8, 4) is 5.75 Å². The number of carboxylic acids is 1. The number of fused-ring (bicyclic) bond motifs is 1. The first-order valence-corrected chi connectivity index (χ1v) is 11.7. The number of H-pyrrole nitrogens is 1. The molecule has 34 heavy (non-hydrogen) atoms. The van der Waals surface area contributed by atoms with Crippen LogP contribution in [-0.2, 0) is 18.6 Å². The quantitative estimate of drug-likeness (QED) is 0.260. The number of hydrogen-bond donors (Lipinski definition) is 5. The van der Waals surface area contributed by atoms with E-state index < -0.39 is 43.8 Å². The minimum Gasteiger partial charge on any atom is -0.480 e. The summed E-state index contributed by atoms with van der Waals surface area (Å²) in [7, 11) is -4.18. The number of aliphatic hydroxyl groups excluding tert-OH is 1. The van der Waals surface area contributed by atoms with Gasteiger partial charge in [0.05, 0.1) is 19.0 Å². The van der Waals surface area contributed by atoms with Crippen LogP contribution < -0.4 is 20.9 Å². The van der Waals surface area contributed by atoms with Crippen molar-refractivity contribution in [2.75, 3.05) is 12.3 Å². The number of carboxylic acid groups (broad SMARTS) is 1. The minimum atomic E-state index is -4.18. The van der Waals surface area contributed by atoms with Crippen molar-refractivity contribution in [2.45, 2.75) is 37.8 Å². The smallest absolute Gasteiger partial charge is 0.459 e. The van der Waals surface area contributed by atoms with Gasteiger partial charge in [-0.25, -0.2) is 9.55 Å². The van der Waals surface area contributed by atoms with Gasteiger partial charge < -0.3 is 25.2 Å². The average molecular weight is 494 g/mol. The van der Waals surface area contributed by atoms with Gasteiger partial charge in [-0.15, -0.1) is 0 Å². The third-order valence-corrected chi connectivity index (χ3v) is 6.71. The predicted molar refractivity (Wildman–Crippen MR) is 118 cm³/mol. The van der Waals surface area contributed by atoms with Crippen LogP contribution in [0.5, 0.6) is 5.75 Å². The molecule has 1 fully saturated rings. The zero-order valence-electron chi connectivity index (χ0n) is 17.9. The lowest BCUT2D eigenvalue weighted by Crippen LogP contribution is -2.35. The zero-order chi connectivity index (χ0) is 24.5. The van der Waals surface area contributed by atoms with Crippen LogP contribution in [0, 0.1) is 0 Å². The van der Waals surface area contributed by atoms with Crippen molar-refractivity contribution in [2.24, 2.45) is 0 Å². The molecule has 3 heterocycles. The summed E-state index contributed by atoms with van der Waals surface area (Å²) in [6, 6.07) is 6.84. The second kappa shape index (κ2) is 9.52. The number of para-hydroxylation sites is 1. The molecule has 0 bridgehead atoms. The molecule has 2 aromatic heterocycles. The molecule has 0 spiro atoms. The zero-order valence-corrected chi connectivity index (χ0v) is 18.8. The van der Waals surface area contributed by atoms with Crippen molar-refractivity contribution in [3.63, 3.8) is 0 Å². The molecule has 0 amide bonds. The van der Waals surface area contributed by atoms with Crippen LogP contribution in [0.1, 0.15) is 19.6 Å². The number of benzene rings is 1. The first-order valence-electron chi connectivity index (χ1n) is 10.2. The lowest BCUT2D eigenvalue weighted by Gasteiger charge is -2.24. The highest BCUT2D eigenvalue weighted by Crippen LogP contribution is 2.46. The number of aliphatic hydroxyl groups is 1. The summed E-state index contributed by atoms with van der Waals surface area (Å²) in [5.41, 5.74) is 5.33. The van der Waals surface area contributed by atoms with Crippen LogP contribution in [0.15, 0.2) is 41.5 Å². The normalized spacial score (nSPS) is 22.9. The average Bonchev–Trinajstić information content (AvgIpc) is 3.36. The van der Waals surface area contributed by atoms with Gasteiger partial charge in [0.2, 0.25) is 5.95 Å². The number of ether oxygens (including phenoxy) is 1. The Morgan fingerprint density at radius 3 is 2.88 bits per heavy atom. The predicted octanol–water partition coefficient (Wildman–Crippen LogP) is 0.617. The van der Waals surface area contributed by atoms with Crippen LogP contribution in [0.25, 0.3) is 11.2 Å². The molecule has 5 atom stereocenters. The van der Waals surface area contributed by atoms with Crippen LogP contribution >= 0.6 is 7.75 Å². The highest BCUT2D eigenvalue weighted by atomic mass is 31.2. The van der Waals surface area contributed by atoms with Crippen LogP contribution in [-0.4, -0.2) is 60.6 Å². The highest BCUT2D eigenvalue weighted by Gasteiger charge is 2.39. The van der Waals surface area contributed by atoms with E-state index in [0.29, 0.717) is 0 Å². The van der Waals surface area contributed by atoms with Gasteiger partial charge in [-0.05, 0) is 19.1 Å². The Morgan fingerprint density at radius 2 is 2.18 bits per heavy atom. The molecule has 0 saturated carbocycles. The van der Waals surface area contributed by atoms with Crippen molar-refractivity contribution in [1.29, 1.82) is 0 Å². The van der Waals surface area contributed by atoms with E-state index in [1.807, 2.05) is 0 Å². The molecular weight excluding hydrogens is 471 g/mol. The molecule has 1 aliphatic heterocycles. The standard InChI is InChI=1S/C19H23N6O8P/c1-10(18(28)29)24-34(30,33-11-5-3-2-4-6-11)31-8-13-12(26)7-14(32-13)25-9-21-15-16(25)22-19(20)23-17(15)27/h2-6,9-10,12-14,26H,7-8H2,1H3,(H,24,30)(H,28,29)(H3,20,22,23,27)/t10?,12-,13+,14+,34?/m0/s1. The SMILES string of the molecule is CC(NP(=O)(OC[C@H]1O[C@@H](n2cnc3c(=O)[nH]c(N)nc32)C[C@@H]1O)Oc1ccccc1)C(=O)O. The van der Waals surface area contributed by atoms with Crippen molar-refractivity contribution >= 4 is 30.8 Å². The fraction of sp³-hybridized carbons (Fsp3) is 0.368. The molecule has 1 aliphatic rings. The Kier molecular flexibility index (Phi) is 6.68. The fourth-order valence-electron chi connectivity index (χ4n) is 3.36. The summed E-state index contributed by atoms with van der Waals surface area (Å²) in [4.78, 5) is 33.7. The maximum absolute atomic E-state index is 13.3. The summed E-state index contributed by atoms with van der Waals surface area (Å²) >= 11 is 0. The van der Waals surface area contributed by atoms with E-state index in [1.165, 1.54) is 30.0 Å². The number of nitrogens with two attached hydrogens (primary N) is 1. The Morgan fingerprint density at radius 1 is 1.44 bits per heavy atom. The second-order valence-electron chi connectivity index (χ2n) is 7.59. The number of rotatable bonds is 9. The molecule has 1 aromatic carbocycles. The van der Waals surface area contributed by atoms with Gasteiger partial charge in [-0.1, -0.05) is 18.2 Å². The number of hydrogen-bond acceptors (Lipinski definition) is 10. The highest BCUT2D eigenvalue weighted by molar-refractivity contribution is 7.52. The maximum atomic E-state index is 13.3. The second-order valence-corrected chi connectivity index (χ2v) is 9.29. The van der Waals surface area contributed by atoms with Gasteiger partial charge in [-0.2, -0.15) is 10.1 Å². The van der Waals surface area contributed by atoms with E-state index in [9.17, 15) is 24.4 Å². The molecule has 6 N–H and O–H groups in total. The summed E-state index contributed by atoms with van der Waals surface area (Å²) in [6.45, 7) is 0.901. The number of aliphatic carboxylic acids is 1. The number of aromatic nitrogens is 4. The molecule has 1 saturated heterocycles. The topological polar surface area (TPSA) is 204 Å². The van der Waals surface area contributed by atoms with E-state index in [-0.39, 0.29) is 35.9 Å². The van der Waals surface area contributed by atoms with Crippen molar-refractivity contribution in [1.82, 2.24) is 24.6 Å². The van der Waals surface area contributed by atoms with Gasteiger partial charge >= 0.3 is 13.7 Å². The number of anilines is 1. The number of nitrogen functional groups attached to an aromatic ring is 1. The Hall–Kier alpha value is -3.29. The number of nitrogens with one attached hydrogen (secondary N) is 2. The van der Waals surface area contributed by atoms with E-state index in [2.05, 4.69) is 20.0 Å². The molecule has 14 nitrogen and oxygen atoms in total. The molecule has 3 aromatic rings. The third kappa shape index (κ3) is 5.11. The summed E-state index contributed by atoms with van der Waals surface area (Å²) < 4.78 is 31.5. The fourth-order valence-corrected chi connectivity index (χ4v) is 4.87. The Labute approximate surface area is 192 Å². The minimum absolute atomic E-state index is 0.0552. The van der Waals surface area contributed by atoms with E-state index in [4.69, 9.17) is 19.5 Å². The number of imidazole rings is 1. The van der Waals surface area contributed by atoms with Crippen LogP contribution in [0.3, 0.4) is 0 Å². The first kappa shape index (κ1) is 23.9. The van der Waals surface area contributed by atoms with Crippen molar-refractivity contribution < 1.29 is 33.4 Å². The van der Waals surface area contributed by atoms with E-state index >= 15 is 0 Å². The monoisotopic (exact) mass is 494 g/mol. The molecule has 0 radical (unpaired) electrons. The van der Waals surface area contributed by atoms with Gasteiger partial charge in [0.25, 0.3) is 5.56 Å². The van der Waals surface area contributed by atoms with Gasteiger partial charge in [-0.3, -0.25) is 23.7 Å². The summed E-state index contributed by atoms with van der Waals surface area (Å²) in [6.07, 6.45) is -1.31. The summed E-state index contributed by atoms with van der Waals surface area (Å²) in [5.74, 6) is -1.16. The van der Waals surface area contributed by atoms with Gasteiger partial charge in [0, 0.05) is 6.42 Å². The van der Waals surface area contributed by atoms with Gasteiger partial charge in [0.1, 0.15) is 24.1 Å². The molecule has 4 rings (SSSR count). The maximum Gasteiger partial charge on any atom is 0.459 e. The van der Waals surface area contributed by atoms with Crippen LogP contribution in [0.4, 0.5) is 5.95 Å². The third-order valence-electron chi connectivity index (χ3n) is 5.06. The Bertz CT molecular complexity index is 1280. The van der Waals surface area contributed by atoms with E-state index in [1.54, 1.807) is 18.2 Å². The molecule has 0 aliphatic carbocycles. The largest absolute Gasteiger partial charge is 0.480 e. The van der Waals surface area contributed by atoms with Crippen molar-refractivity contribution in [3.05, 3.63) is 47.0 Å². The van der Waals surface area contributed by atoms with E-state index in [0.717, 1.165) is 0 Å².